The van der Waals surface area contributed by atoms with E-state index in [9.17, 15) is 14.3 Å². The first kappa shape index (κ1) is 14.4. The first-order valence-corrected chi connectivity index (χ1v) is 5.92. The molecule has 0 fully saturated rings. The molecule has 0 aliphatic rings. The van der Waals surface area contributed by atoms with Crippen LogP contribution in [0.3, 0.4) is 0 Å². The van der Waals surface area contributed by atoms with Gasteiger partial charge in [0.2, 0.25) is 5.91 Å². The third-order valence-electron chi connectivity index (χ3n) is 2.89. The van der Waals surface area contributed by atoms with Crippen molar-refractivity contribution in [2.24, 2.45) is 0 Å². The Bertz CT molecular complexity index is 423. The van der Waals surface area contributed by atoms with Crippen LogP contribution in [0.1, 0.15) is 19.4 Å². The Morgan fingerprint density at radius 3 is 2.83 bits per heavy atom. The van der Waals surface area contributed by atoms with Gasteiger partial charge in [0.25, 0.3) is 0 Å². The zero-order valence-corrected chi connectivity index (χ0v) is 10.9. The molecule has 1 atom stereocenters. The molecule has 0 aliphatic heterocycles. The second-order valence-electron chi connectivity index (χ2n) is 4.20. The molecule has 100 valence electrons. The summed E-state index contributed by atoms with van der Waals surface area (Å²) in [5.41, 5.74) is 0.439. The first-order valence-electron chi connectivity index (χ1n) is 5.92. The van der Waals surface area contributed by atoms with E-state index in [1.54, 1.807) is 24.9 Å². The summed E-state index contributed by atoms with van der Waals surface area (Å²) in [5, 5.41) is 12.5. The average molecular weight is 254 g/mol. The lowest BCUT2D eigenvalue weighted by molar-refractivity contribution is -0.131. The van der Waals surface area contributed by atoms with Crippen LogP contribution in [0.2, 0.25) is 0 Å². The molecular formula is C13H19FN2O2. The van der Waals surface area contributed by atoms with Crippen molar-refractivity contribution < 1.29 is 14.3 Å². The van der Waals surface area contributed by atoms with Gasteiger partial charge in [-0.1, -0.05) is 12.1 Å². The maximum absolute atomic E-state index is 13.1. The van der Waals surface area contributed by atoms with Crippen molar-refractivity contribution in [1.29, 1.82) is 0 Å². The number of carbonyl (C=O) groups is 1. The van der Waals surface area contributed by atoms with Crippen LogP contribution in [0.25, 0.3) is 0 Å². The van der Waals surface area contributed by atoms with Crippen LogP contribution in [0.4, 0.5) is 4.39 Å². The SMILES string of the molecule is CCN(C)C(=O)C(C)NCc1cccc(F)c1O. The summed E-state index contributed by atoms with van der Waals surface area (Å²) in [6.07, 6.45) is 0. The molecule has 0 saturated heterocycles. The number of hydrogen-bond donors (Lipinski definition) is 2. The number of carbonyl (C=O) groups excluding carboxylic acids is 1. The highest BCUT2D eigenvalue weighted by molar-refractivity contribution is 5.81. The molecular weight excluding hydrogens is 235 g/mol. The molecule has 1 aromatic rings. The van der Waals surface area contributed by atoms with E-state index in [2.05, 4.69) is 5.32 Å². The number of nitrogens with zero attached hydrogens (tertiary/aromatic N) is 1. The normalized spacial score (nSPS) is 12.2. The second kappa shape index (κ2) is 6.35. The Morgan fingerprint density at radius 1 is 1.56 bits per heavy atom. The molecule has 0 saturated carbocycles. The van der Waals surface area contributed by atoms with Crippen molar-refractivity contribution in [1.82, 2.24) is 10.2 Å². The largest absolute Gasteiger partial charge is 0.505 e. The third-order valence-corrected chi connectivity index (χ3v) is 2.89. The number of phenols is 1. The van der Waals surface area contributed by atoms with Gasteiger partial charge in [-0.2, -0.15) is 0 Å². The van der Waals surface area contributed by atoms with Crippen molar-refractivity contribution >= 4 is 5.91 Å². The lowest BCUT2D eigenvalue weighted by Crippen LogP contribution is -2.42. The summed E-state index contributed by atoms with van der Waals surface area (Å²) >= 11 is 0. The summed E-state index contributed by atoms with van der Waals surface area (Å²) < 4.78 is 13.1. The van der Waals surface area contributed by atoms with Crippen LogP contribution < -0.4 is 5.32 Å². The summed E-state index contributed by atoms with van der Waals surface area (Å²) in [7, 11) is 1.72. The molecule has 0 spiro atoms. The standard InChI is InChI=1S/C13H19FN2O2/c1-4-16(3)13(18)9(2)15-8-10-6-5-7-11(14)12(10)17/h5-7,9,15,17H,4,8H2,1-3H3. The van der Waals surface area contributed by atoms with Crippen LogP contribution in [-0.4, -0.2) is 35.5 Å². The van der Waals surface area contributed by atoms with Crippen molar-refractivity contribution in [2.75, 3.05) is 13.6 Å². The van der Waals surface area contributed by atoms with Gasteiger partial charge in [-0.25, -0.2) is 4.39 Å². The number of benzene rings is 1. The summed E-state index contributed by atoms with van der Waals surface area (Å²) in [4.78, 5) is 13.4. The van der Waals surface area contributed by atoms with Crippen LogP contribution in [0.5, 0.6) is 5.75 Å². The molecule has 1 rings (SSSR count). The fourth-order valence-electron chi connectivity index (χ4n) is 1.54. The monoisotopic (exact) mass is 254 g/mol. The highest BCUT2D eigenvalue weighted by Crippen LogP contribution is 2.20. The smallest absolute Gasteiger partial charge is 0.239 e. The maximum atomic E-state index is 13.1. The van der Waals surface area contributed by atoms with Crippen LogP contribution in [-0.2, 0) is 11.3 Å². The van der Waals surface area contributed by atoms with Crippen LogP contribution in [0, 0.1) is 5.82 Å². The molecule has 1 unspecified atom stereocenters. The van der Waals surface area contributed by atoms with Crippen molar-refractivity contribution in [3.63, 3.8) is 0 Å². The van der Waals surface area contributed by atoms with E-state index < -0.39 is 5.82 Å². The number of phenolic OH excluding ortho intramolecular Hbond substituents is 1. The summed E-state index contributed by atoms with van der Waals surface area (Å²) in [6, 6.07) is 3.96. The van der Waals surface area contributed by atoms with Gasteiger partial charge < -0.3 is 15.3 Å². The van der Waals surface area contributed by atoms with Gasteiger partial charge in [-0.3, -0.25) is 4.79 Å². The lowest BCUT2D eigenvalue weighted by atomic mass is 10.1. The fraction of sp³-hybridized carbons (Fsp3) is 0.462. The number of halogens is 1. The maximum Gasteiger partial charge on any atom is 0.239 e. The molecule has 0 aliphatic carbocycles. The second-order valence-corrected chi connectivity index (χ2v) is 4.20. The minimum atomic E-state index is -0.654. The van der Waals surface area contributed by atoms with Crippen LogP contribution in [0.15, 0.2) is 18.2 Å². The number of hydrogen-bond acceptors (Lipinski definition) is 3. The summed E-state index contributed by atoms with van der Waals surface area (Å²) in [6.45, 7) is 4.51. The predicted molar refractivity (Wildman–Crippen MR) is 67.7 cm³/mol. The van der Waals surface area contributed by atoms with Gasteiger partial charge in [-0.05, 0) is 19.9 Å². The van der Waals surface area contributed by atoms with Crippen molar-refractivity contribution in [2.45, 2.75) is 26.4 Å². The van der Waals surface area contributed by atoms with Gasteiger partial charge in [0.15, 0.2) is 11.6 Å². The van der Waals surface area contributed by atoms with E-state index in [1.807, 2.05) is 6.92 Å². The minimum absolute atomic E-state index is 0.0339. The van der Waals surface area contributed by atoms with Crippen LogP contribution >= 0.6 is 0 Å². The molecule has 1 aromatic carbocycles. The van der Waals surface area contributed by atoms with Gasteiger partial charge in [0.1, 0.15) is 0 Å². The van der Waals surface area contributed by atoms with E-state index in [4.69, 9.17) is 0 Å². The molecule has 0 heterocycles. The molecule has 4 nitrogen and oxygen atoms in total. The Hall–Kier alpha value is -1.62. The van der Waals surface area contributed by atoms with E-state index in [1.165, 1.54) is 12.1 Å². The molecule has 0 bridgehead atoms. The number of likely N-dealkylation sites (N-methyl/N-ethyl adjacent to an activating group) is 1. The number of amides is 1. The molecule has 5 heteroatoms. The Morgan fingerprint density at radius 2 is 2.22 bits per heavy atom. The molecule has 2 N–H and O–H groups in total. The van der Waals surface area contributed by atoms with Gasteiger partial charge in [0, 0.05) is 25.7 Å². The number of nitrogens with one attached hydrogen (secondary N) is 1. The zero-order chi connectivity index (χ0) is 13.7. The summed E-state index contributed by atoms with van der Waals surface area (Å²) in [5.74, 6) is -1.05. The lowest BCUT2D eigenvalue weighted by Gasteiger charge is -2.20. The van der Waals surface area contributed by atoms with Crippen molar-refractivity contribution in [3.8, 4) is 5.75 Å². The first-order chi connectivity index (χ1) is 8.47. The van der Waals surface area contributed by atoms with Gasteiger partial charge in [-0.15, -0.1) is 0 Å². The van der Waals surface area contributed by atoms with Gasteiger partial charge >= 0.3 is 0 Å². The highest BCUT2D eigenvalue weighted by atomic mass is 19.1. The van der Waals surface area contributed by atoms with E-state index in [-0.39, 0.29) is 24.2 Å². The number of aromatic hydroxyl groups is 1. The zero-order valence-electron chi connectivity index (χ0n) is 10.9. The number of para-hydroxylation sites is 1. The molecule has 0 aromatic heterocycles. The van der Waals surface area contributed by atoms with E-state index >= 15 is 0 Å². The molecule has 1 amide bonds. The molecule has 18 heavy (non-hydrogen) atoms. The predicted octanol–water partition coefficient (Wildman–Crippen LogP) is 1.49. The van der Waals surface area contributed by atoms with Crippen molar-refractivity contribution in [3.05, 3.63) is 29.6 Å². The van der Waals surface area contributed by atoms with E-state index in [0.717, 1.165) is 0 Å². The van der Waals surface area contributed by atoms with Gasteiger partial charge in [0.05, 0.1) is 6.04 Å². The Balaban J connectivity index is 2.60. The fourth-order valence-corrected chi connectivity index (χ4v) is 1.54. The third kappa shape index (κ3) is 3.43. The Labute approximate surface area is 106 Å². The highest BCUT2D eigenvalue weighted by Gasteiger charge is 2.16. The van der Waals surface area contributed by atoms with E-state index in [0.29, 0.717) is 12.1 Å². The Kier molecular flexibility index (Phi) is 5.09. The topological polar surface area (TPSA) is 52.6 Å². The quantitative estimate of drug-likeness (QED) is 0.837. The minimum Gasteiger partial charge on any atom is -0.505 e. The number of rotatable bonds is 5. The average Bonchev–Trinajstić information content (AvgIpc) is 2.38. The molecule has 0 radical (unpaired) electrons.